The van der Waals surface area contributed by atoms with E-state index in [0.717, 1.165) is 6.92 Å². The van der Waals surface area contributed by atoms with E-state index in [0.29, 0.717) is 5.56 Å². The number of ether oxygens (including phenoxy) is 1. The fourth-order valence-corrected chi connectivity index (χ4v) is 1.28. The van der Waals surface area contributed by atoms with Gasteiger partial charge in [-0.05, 0) is 13.8 Å². The Morgan fingerprint density at radius 2 is 1.71 bits per heavy atom. The van der Waals surface area contributed by atoms with Crippen LogP contribution in [0.25, 0.3) is 0 Å². The maximum absolute atomic E-state index is 12.2. The van der Waals surface area contributed by atoms with Crippen LogP contribution < -0.4 is 0 Å². The van der Waals surface area contributed by atoms with Crippen molar-refractivity contribution in [3.8, 4) is 0 Å². The van der Waals surface area contributed by atoms with Gasteiger partial charge in [-0.15, -0.1) is 0 Å². The maximum Gasteiger partial charge on any atom is 0.414 e. The van der Waals surface area contributed by atoms with Gasteiger partial charge in [0.25, 0.3) is 0 Å². The first kappa shape index (κ1) is 13.7. The first-order valence-corrected chi connectivity index (χ1v) is 5.14. The lowest BCUT2D eigenvalue weighted by Crippen LogP contribution is -2.34. The molecule has 2 unspecified atom stereocenters. The lowest BCUT2D eigenvalue weighted by molar-refractivity contribution is -0.219. The highest BCUT2D eigenvalue weighted by molar-refractivity contribution is 5.99. The van der Waals surface area contributed by atoms with E-state index in [1.165, 1.54) is 6.92 Å². The molecule has 0 aliphatic rings. The van der Waals surface area contributed by atoms with E-state index in [1.54, 1.807) is 30.3 Å². The molecule has 1 aromatic rings. The molecule has 0 aliphatic heterocycles. The minimum atomic E-state index is -4.45. The minimum absolute atomic E-state index is 0.342. The number of halogens is 3. The van der Waals surface area contributed by atoms with E-state index in [1.807, 2.05) is 0 Å². The molecular weight excluding hydrogens is 233 g/mol. The molecule has 17 heavy (non-hydrogen) atoms. The van der Waals surface area contributed by atoms with Crippen molar-refractivity contribution in [3.05, 3.63) is 35.9 Å². The van der Waals surface area contributed by atoms with Gasteiger partial charge in [0.05, 0.1) is 0 Å². The summed E-state index contributed by atoms with van der Waals surface area (Å²) in [6.07, 6.45) is -7.52. The third kappa shape index (κ3) is 3.85. The van der Waals surface area contributed by atoms with Gasteiger partial charge in [-0.1, -0.05) is 30.3 Å². The summed E-state index contributed by atoms with van der Waals surface area (Å²) in [7, 11) is 0. The van der Waals surface area contributed by atoms with Crippen LogP contribution in [-0.4, -0.2) is 24.2 Å². The van der Waals surface area contributed by atoms with Crippen LogP contribution in [0.5, 0.6) is 0 Å². The van der Waals surface area contributed by atoms with Crippen LogP contribution in [-0.2, 0) is 4.74 Å². The Hall–Kier alpha value is -1.36. The molecule has 0 N–H and O–H groups in total. The molecule has 0 fully saturated rings. The summed E-state index contributed by atoms with van der Waals surface area (Å²) < 4.78 is 41.4. The highest BCUT2D eigenvalue weighted by Crippen LogP contribution is 2.24. The highest BCUT2D eigenvalue weighted by atomic mass is 19.4. The van der Waals surface area contributed by atoms with Crippen LogP contribution >= 0.6 is 0 Å². The third-order valence-electron chi connectivity index (χ3n) is 2.30. The maximum atomic E-state index is 12.2. The summed E-state index contributed by atoms with van der Waals surface area (Å²) in [5, 5.41) is 0. The van der Waals surface area contributed by atoms with Crippen LogP contribution in [0.1, 0.15) is 24.2 Å². The number of alkyl halides is 3. The first-order chi connectivity index (χ1) is 7.82. The fraction of sp³-hybridized carbons (Fsp3) is 0.417. The lowest BCUT2D eigenvalue weighted by Gasteiger charge is -2.20. The summed E-state index contributed by atoms with van der Waals surface area (Å²) >= 11 is 0. The number of carbonyl (C=O) groups is 1. The molecule has 5 heteroatoms. The molecule has 0 amide bonds. The van der Waals surface area contributed by atoms with Gasteiger partial charge in [0.15, 0.2) is 11.9 Å². The van der Waals surface area contributed by atoms with Gasteiger partial charge in [0.1, 0.15) is 6.10 Å². The fourth-order valence-electron chi connectivity index (χ4n) is 1.28. The standard InChI is InChI=1S/C12H13F3O2/c1-8(17-9(2)12(13,14)15)11(16)10-6-4-3-5-7-10/h3-9H,1-2H3. The normalized spacial score (nSPS) is 15.4. The molecule has 0 saturated carbocycles. The van der Waals surface area contributed by atoms with Crippen molar-refractivity contribution in [3.63, 3.8) is 0 Å². The largest absolute Gasteiger partial charge is 0.414 e. The van der Waals surface area contributed by atoms with Crippen molar-refractivity contribution in [1.82, 2.24) is 0 Å². The molecule has 0 saturated heterocycles. The number of rotatable bonds is 4. The van der Waals surface area contributed by atoms with Gasteiger partial charge in [0, 0.05) is 5.56 Å². The Bertz CT molecular complexity index is 373. The average molecular weight is 246 g/mol. The van der Waals surface area contributed by atoms with Crippen molar-refractivity contribution in [2.75, 3.05) is 0 Å². The number of carbonyl (C=O) groups excluding carboxylic acids is 1. The Labute approximate surface area is 97.4 Å². The molecule has 0 aromatic heterocycles. The van der Waals surface area contributed by atoms with Crippen LogP contribution in [0, 0.1) is 0 Å². The zero-order chi connectivity index (χ0) is 13.1. The zero-order valence-electron chi connectivity index (χ0n) is 9.49. The van der Waals surface area contributed by atoms with Crippen molar-refractivity contribution in [1.29, 1.82) is 0 Å². The number of benzene rings is 1. The number of hydrogen-bond acceptors (Lipinski definition) is 2. The molecule has 0 bridgehead atoms. The predicted octanol–water partition coefficient (Wildman–Crippen LogP) is 3.23. The van der Waals surface area contributed by atoms with Gasteiger partial charge in [0.2, 0.25) is 0 Å². The molecule has 94 valence electrons. The molecule has 1 aromatic carbocycles. The van der Waals surface area contributed by atoms with Gasteiger partial charge in [-0.3, -0.25) is 4.79 Å². The summed E-state index contributed by atoms with van der Waals surface area (Å²) in [5.74, 6) is -0.457. The molecule has 1 rings (SSSR count). The van der Waals surface area contributed by atoms with Gasteiger partial charge in [-0.25, -0.2) is 0 Å². The Morgan fingerprint density at radius 1 is 1.18 bits per heavy atom. The van der Waals surface area contributed by atoms with Gasteiger partial charge < -0.3 is 4.74 Å². The smallest absolute Gasteiger partial charge is 0.358 e. The Balaban J connectivity index is 2.66. The molecular formula is C12H13F3O2. The predicted molar refractivity (Wildman–Crippen MR) is 56.8 cm³/mol. The first-order valence-electron chi connectivity index (χ1n) is 5.14. The van der Waals surface area contributed by atoms with E-state index in [4.69, 9.17) is 0 Å². The monoisotopic (exact) mass is 246 g/mol. The Morgan fingerprint density at radius 3 is 2.18 bits per heavy atom. The SMILES string of the molecule is CC(OC(C)C(F)(F)F)C(=O)c1ccccc1. The van der Waals surface area contributed by atoms with Crippen molar-refractivity contribution < 1.29 is 22.7 Å². The second-order valence-electron chi connectivity index (χ2n) is 3.69. The molecule has 0 spiro atoms. The summed E-state index contributed by atoms with van der Waals surface area (Å²) in [5.41, 5.74) is 0.342. The highest BCUT2D eigenvalue weighted by Gasteiger charge is 2.38. The molecule has 0 radical (unpaired) electrons. The minimum Gasteiger partial charge on any atom is -0.358 e. The summed E-state index contributed by atoms with van der Waals surface area (Å²) in [4.78, 5) is 11.7. The topological polar surface area (TPSA) is 26.3 Å². The van der Waals surface area contributed by atoms with Crippen molar-refractivity contribution in [2.24, 2.45) is 0 Å². The van der Waals surface area contributed by atoms with Crippen LogP contribution in [0.15, 0.2) is 30.3 Å². The van der Waals surface area contributed by atoms with E-state index in [9.17, 15) is 18.0 Å². The third-order valence-corrected chi connectivity index (χ3v) is 2.30. The van der Waals surface area contributed by atoms with Gasteiger partial charge in [-0.2, -0.15) is 13.2 Å². The van der Waals surface area contributed by atoms with Gasteiger partial charge >= 0.3 is 6.18 Å². The van der Waals surface area contributed by atoms with Crippen molar-refractivity contribution >= 4 is 5.78 Å². The zero-order valence-corrected chi connectivity index (χ0v) is 9.49. The van der Waals surface area contributed by atoms with E-state index in [-0.39, 0.29) is 0 Å². The quantitative estimate of drug-likeness (QED) is 0.762. The second kappa shape index (κ2) is 5.31. The average Bonchev–Trinajstić information content (AvgIpc) is 2.27. The second-order valence-corrected chi connectivity index (χ2v) is 3.69. The molecule has 2 atom stereocenters. The van der Waals surface area contributed by atoms with Crippen LogP contribution in [0.4, 0.5) is 13.2 Å². The molecule has 0 heterocycles. The molecule has 0 aliphatic carbocycles. The number of ketones is 1. The number of Topliss-reactive ketones (excluding diaryl/α,β-unsaturated/α-hetero) is 1. The van der Waals surface area contributed by atoms with E-state index < -0.39 is 24.2 Å². The number of hydrogen-bond donors (Lipinski definition) is 0. The summed E-state index contributed by atoms with van der Waals surface area (Å²) in [6.45, 7) is 2.20. The lowest BCUT2D eigenvalue weighted by atomic mass is 10.1. The van der Waals surface area contributed by atoms with E-state index >= 15 is 0 Å². The van der Waals surface area contributed by atoms with Crippen LogP contribution in [0.3, 0.4) is 0 Å². The molecule has 2 nitrogen and oxygen atoms in total. The Kier molecular flexibility index (Phi) is 4.28. The summed E-state index contributed by atoms with van der Waals surface area (Å²) in [6, 6.07) is 8.10. The van der Waals surface area contributed by atoms with E-state index in [2.05, 4.69) is 4.74 Å². The van der Waals surface area contributed by atoms with Crippen molar-refractivity contribution in [2.45, 2.75) is 32.2 Å². The van der Waals surface area contributed by atoms with Crippen LogP contribution in [0.2, 0.25) is 0 Å².